The van der Waals surface area contributed by atoms with Gasteiger partial charge in [0.15, 0.2) is 0 Å². The van der Waals surface area contributed by atoms with Crippen molar-refractivity contribution >= 4 is 5.69 Å². The molecule has 3 nitrogen and oxygen atoms in total. The Labute approximate surface area is 159 Å². The maximum atomic E-state index is 13.4. The normalized spacial score (nSPS) is 24.3. The van der Waals surface area contributed by atoms with E-state index in [1.165, 1.54) is 12.2 Å². The van der Waals surface area contributed by atoms with Gasteiger partial charge in [0.05, 0.1) is 16.8 Å². The molecule has 0 spiro atoms. The van der Waals surface area contributed by atoms with E-state index in [-0.39, 0.29) is 0 Å². The fourth-order valence-corrected chi connectivity index (χ4v) is 3.93. The van der Waals surface area contributed by atoms with Gasteiger partial charge in [0.25, 0.3) is 0 Å². The van der Waals surface area contributed by atoms with Crippen LogP contribution in [0.3, 0.4) is 0 Å². The number of nitrogens with zero attached hydrogens (tertiary/aromatic N) is 2. The van der Waals surface area contributed by atoms with Crippen LogP contribution in [-0.2, 0) is 0 Å². The third-order valence-corrected chi connectivity index (χ3v) is 5.54. The highest BCUT2D eigenvalue weighted by Gasteiger charge is 2.48. The van der Waals surface area contributed by atoms with Crippen LogP contribution in [0.25, 0.3) is 0 Å². The minimum absolute atomic E-state index is 0.452. The monoisotopic (exact) mass is 380 g/mol. The molecule has 3 rings (SSSR count). The lowest BCUT2D eigenvalue weighted by atomic mass is 9.83. The molecule has 2 aliphatic rings. The molecule has 0 N–H and O–H groups in total. The Kier molecular flexibility index (Phi) is 5.56. The number of rotatable bonds is 6. The molecule has 0 bridgehead atoms. The fraction of sp³-hybridized carbons (Fsp3) is 0.524. The van der Waals surface area contributed by atoms with Crippen LogP contribution in [0, 0.1) is 0 Å². The average molecular weight is 380 g/mol. The van der Waals surface area contributed by atoms with Crippen molar-refractivity contribution in [3.05, 3.63) is 48.1 Å². The van der Waals surface area contributed by atoms with E-state index in [0.29, 0.717) is 6.54 Å². The first kappa shape index (κ1) is 19.8. The maximum Gasteiger partial charge on any atom is 0.416 e. The Balaban J connectivity index is 1.93. The summed E-state index contributed by atoms with van der Waals surface area (Å²) >= 11 is 0. The number of hydrogen-bond donors (Lipinski definition) is 0. The third-order valence-electron chi connectivity index (χ3n) is 5.54. The first-order valence-electron chi connectivity index (χ1n) is 9.53. The van der Waals surface area contributed by atoms with E-state index in [0.717, 1.165) is 43.6 Å². The molecule has 1 aromatic rings. The highest BCUT2D eigenvalue weighted by molar-refractivity contribution is 5.65. The zero-order valence-electron chi connectivity index (χ0n) is 16.1. The van der Waals surface area contributed by atoms with Crippen LogP contribution in [0.1, 0.15) is 27.2 Å². The minimum atomic E-state index is -4.37. The van der Waals surface area contributed by atoms with Crippen LogP contribution in [-0.4, -0.2) is 48.9 Å². The van der Waals surface area contributed by atoms with Crippen LogP contribution in [0.4, 0.5) is 18.9 Å². The highest BCUT2D eigenvalue weighted by Crippen LogP contribution is 2.45. The molecule has 1 aromatic carbocycles. The molecule has 2 atom stereocenters. The third kappa shape index (κ3) is 3.86. The van der Waals surface area contributed by atoms with Crippen molar-refractivity contribution in [3.8, 4) is 5.75 Å². The molecule has 1 aliphatic heterocycles. The van der Waals surface area contributed by atoms with Crippen molar-refractivity contribution in [1.29, 1.82) is 0 Å². The van der Waals surface area contributed by atoms with E-state index in [1.54, 1.807) is 0 Å². The van der Waals surface area contributed by atoms with E-state index in [4.69, 9.17) is 4.74 Å². The molecule has 2 unspecified atom stereocenters. The van der Waals surface area contributed by atoms with Crippen LogP contribution >= 0.6 is 0 Å². The summed E-state index contributed by atoms with van der Waals surface area (Å²) in [7, 11) is 0. The molecule has 0 fully saturated rings. The Morgan fingerprint density at radius 1 is 1.19 bits per heavy atom. The van der Waals surface area contributed by atoms with Crippen LogP contribution in [0.5, 0.6) is 5.75 Å². The predicted molar refractivity (Wildman–Crippen MR) is 102 cm³/mol. The van der Waals surface area contributed by atoms with Crippen LogP contribution < -0.4 is 9.64 Å². The zero-order valence-corrected chi connectivity index (χ0v) is 16.1. The highest BCUT2D eigenvalue weighted by atomic mass is 19.4. The lowest BCUT2D eigenvalue weighted by Crippen LogP contribution is -2.59. The van der Waals surface area contributed by atoms with E-state index in [1.807, 2.05) is 31.2 Å². The van der Waals surface area contributed by atoms with Gasteiger partial charge in [-0.3, -0.25) is 0 Å². The molecule has 0 radical (unpaired) electrons. The summed E-state index contributed by atoms with van der Waals surface area (Å²) in [5, 5.41) is 0. The number of alkyl halides is 3. The lowest BCUT2D eigenvalue weighted by Gasteiger charge is -2.50. The second-order valence-electron chi connectivity index (χ2n) is 7.22. The second kappa shape index (κ2) is 7.58. The molecule has 0 saturated carbocycles. The number of anilines is 1. The molecule has 1 aliphatic carbocycles. The molecule has 0 saturated heterocycles. The number of ether oxygens (including phenoxy) is 1. The van der Waals surface area contributed by atoms with Crippen molar-refractivity contribution in [2.75, 3.05) is 31.1 Å². The van der Waals surface area contributed by atoms with Crippen molar-refractivity contribution in [2.45, 2.75) is 45.0 Å². The number of benzene rings is 1. The fourth-order valence-electron chi connectivity index (χ4n) is 3.93. The SMILES string of the molecule is CCN(CC)CCCN1c2ccccc2OC2C=CC(C(F)(F)F)=CC21C. The van der Waals surface area contributed by atoms with E-state index in [9.17, 15) is 13.2 Å². The molecule has 27 heavy (non-hydrogen) atoms. The zero-order chi connectivity index (χ0) is 19.7. The van der Waals surface area contributed by atoms with Gasteiger partial charge in [-0.15, -0.1) is 0 Å². The smallest absolute Gasteiger partial charge is 0.416 e. The average Bonchev–Trinajstić information content (AvgIpc) is 2.63. The molecule has 148 valence electrons. The summed E-state index contributed by atoms with van der Waals surface area (Å²) in [5.41, 5.74) is -0.640. The number of allylic oxidation sites excluding steroid dienone is 2. The van der Waals surface area contributed by atoms with Gasteiger partial charge in [0.1, 0.15) is 11.9 Å². The summed E-state index contributed by atoms with van der Waals surface area (Å²) in [6, 6.07) is 7.59. The van der Waals surface area contributed by atoms with E-state index in [2.05, 4.69) is 23.6 Å². The summed E-state index contributed by atoms with van der Waals surface area (Å²) in [6.45, 7) is 9.59. The first-order chi connectivity index (χ1) is 12.8. The van der Waals surface area contributed by atoms with Crippen molar-refractivity contribution in [2.24, 2.45) is 0 Å². The van der Waals surface area contributed by atoms with Crippen molar-refractivity contribution < 1.29 is 17.9 Å². The largest absolute Gasteiger partial charge is 0.481 e. The van der Waals surface area contributed by atoms with Crippen LogP contribution in [0.2, 0.25) is 0 Å². The van der Waals surface area contributed by atoms with Gasteiger partial charge in [-0.1, -0.05) is 32.1 Å². The Morgan fingerprint density at radius 3 is 2.56 bits per heavy atom. The van der Waals surface area contributed by atoms with Gasteiger partial charge in [-0.05, 0) is 57.3 Å². The summed E-state index contributed by atoms with van der Waals surface area (Å²) in [6.07, 6.45) is 0.0493. The Bertz CT molecular complexity index is 724. The molecular weight excluding hydrogens is 353 g/mol. The molecule has 1 heterocycles. The number of fused-ring (bicyclic) bond motifs is 2. The summed E-state index contributed by atoms with van der Waals surface area (Å²) < 4.78 is 46.1. The van der Waals surface area contributed by atoms with Gasteiger partial charge < -0.3 is 14.5 Å². The lowest BCUT2D eigenvalue weighted by molar-refractivity contribution is -0.0895. The van der Waals surface area contributed by atoms with Crippen molar-refractivity contribution in [1.82, 2.24) is 4.90 Å². The molecule has 6 heteroatoms. The van der Waals surface area contributed by atoms with E-state index >= 15 is 0 Å². The Morgan fingerprint density at radius 2 is 1.89 bits per heavy atom. The summed E-state index contributed by atoms with van der Waals surface area (Å²) in [4.78, 5) is 4.40. The van der Waals surface area contributed by atoms with Gasteiger partial charge in [-0.25, -0.2) is 0 Å². The van der Waals surface area contributed by atoms with Crippen molar-refractivity contribution in [3.63, 3.8) is 0 Å². The standard InChI is InChI=1S/C21H27F3N2O/c1-4-25(5-2)13-8-14-26-17-9-6-7-10-18(17)27-19-12-11-16(21(22,23)24)15-20(19,26)3/h6-7,9-12,15,19H,4-5,8,13-14H2,1-3H3. The maximum absolute atomic E-state index is 13.4. The molecular formula is C21H27F3N2O. The number of halogens is 3. The minimum Gasteiger partial charge on any atom is -0.481 e. The summed E-state index contributed by atoms with van der Waals surface area (Å²) in [5.74, 6) is 0.719. The van der Waals surface area contributed by atoms with Gasteiger partial charge in [0.2, 0.25) is 0 Å². The Hall–Kier alpha value is -1.95. The molecule has 0 amide bonds. The van der Waals surface area contributed by atoms with Crippen LogP contribution in [0.15, 0.2) is 48.1 Å². The van der Waals surface area contributed by atoms with Gasteiger partial charge >= 0.3 is 6.18 Å². The number of para-hydroxylation sites is 2. The van der Waals surface area contributed by atoms with Gasteiger partial charge in [0, 0.05) is 6.54 Å². The first-order valence-corrected chi connectivity index (χ1v) is 9.53. The topological polar surface area (TPSA) is 15.7 Å². The molecule has 0 aromatic heterocycles. The van der Waals surface area contributed by atoms with Gasteiger partial charge in [-0.2, -0.15) is 13.2 Å². The number of hydrogen-bond acceptors (Lipinski definition) is 3. The van der Waals surface area contributed by atoms with E-state index < -0.39 is 23.4 Å². The quantitative estimate of drug-likeness (QED) is 0.705. The second-order valence-corrected chi connectivity index (χ2v) is 7.22. The predicted octanol–water partition coefficient (Wildman–Crippen LogP) is 4.80.